The summed E-state index contributed by atoms with van der Waals surface area (Å²) >= 11 is 1.72. The number of aryl methyl sites for hydroxylation is 3. The van der Waals surface area contributed by atoms with Crippen molar-refractivity contribution in [2.75, 3.05) is 13.1 Å². The van der Waals surface area contributed by atoms with Crippen molar-refractivity contribution in [3.8, 4) is 10.6 Å². The van der Waals surface area contributed by atoms with Crippen LogP contribution in [0, 0.1) is 13.8 Å². The lowest BCUT2D eigenvalue weighted by Crippen LogP contribution is -2.14. The number of hydrogen-bond donors (Lipinski definition) is 1. The number of aromatic nitrogens is 2. The second kappa shape index (κ2) is 6.78. The first-order valence-corrected chi connectivity index (χ1v) is 7.63. The first-order valence-electron chi connectivity index (χ1n) is 6.82. The molecule has 1 heterocycles. The molecule has 0 spiro atoms. The Bertz CT molecular complexity index is 514. The average Bonchev–Trinajstić information content (AvgIpc) is 2.83. The Labute approximate surface area is 119 Å². The molecule has 0 bridgehead atoms. The van der Waals surface area contributed by atoms with E-state index in [1.54, 1.807) is 11.3 Å². The van der Waals surface area contributed by atoms with Crippen molar-refractivity contribution in [2.24, 2.45) is 0 Å². The molecule has 4 heteroatoms. The highest BCUT2D eigenvalue weighted by Gasteiger charge is 2.11. The zero-order valence-electron chi connectivity index (χ0n) is 11.9. The van der Waals surface area contributed by atoms with Gasteiger partial charge in [0.15, 0.2) is 0 Å². The fraction of sp³-hybridized carbons (Fsp3) is 0.467. The molecule has 0 atom stereocenters. The maximum Gasteiger partial charge on any atom is 0.148 e. The molecule has 0 radical (unpaired) electrons. The van der Waals surface area contributed by atoms with Crippen LogP contribution in [-0.2, 0) is 6.42 Å². The normalized spacial score (nSPS) is 10.9. The molecule has 2 aromatic rings. The van der Waals surface area contributed by atoms with E-state index in [4.69, 9.17) is 0 Å². The van der Waals surface area contributed by atoms with E-state index in [9.17, 15) is 0 Å². The molecule has 0 aliphatic heterocycles. The SMILES string of the molecule is CCNCCCc1nnc(-c2c(C)cccc2C)s1. The zero-order chi connectivity index (χ0) is 13.7. The topological polar surface area (TPSA) is 37.8 Å². The maximum absolute atomic E-state index is 4.36. The number of rotatable bonds is 6. The summed E-state index contributed by atoms with van der Waals surface area (Å²) in [5.41, 5.74) is 3.80. The Morgan fingerprint density at radius 1 is 1.16 bits per heavy atom. The standard InChI is InChI=1S/C15H21N3S/c1-4-16-10-6-9-13-17-18-15(19-13)14-11(2)7-5-8-12(14)3/h5,7-8,16H,4,6,9-10H2,1-3H3. The smallest absolute Gasteiger partial charge is 0.148 e. The van der Waals surface area contributed by atoms with E-state index in [-0.39, 0.29) is 0 Å². The molecule has 0 fully saturated rings. The number of nitrogens with zero attached hydrogens (tertiary/aromatic N) is 2. The molecule has 1 N–H and O–H groups in total. The minimum Gasteiger partial charge on any atom is -0.317 e. The maximum atomic E-state index is 4.36. The Morgan fingerprint density at radius 3 is 2.58 bits per heavy atom. The van der Waals surface area contributed by atoms with Gasteiger partial charge >= 0.3 is 0 Å². The van der Waals surface area contributed by atoms with Gasteiger partial charge in [0, 0.05) is 12.0 Å². The lowest BCUT2D eigenvalue weighted by Gasteiger charge is -2.04. The Kier molecular flexibility index (Phi) is 5.05. The van der Waals surface area contributed by atoms with Crippen molar-refractivity contribution in [3.63, 3.8) is 0 Å². The van der Waals surface area contributed by atoms with Crippen LogP contribution in [0.25, 0.3) is 10.6 Å². The van der Waals surface area contributed by atoms with Crippen LogP contribution in [0.15, 0.2) is 18.2 Å². The van der Waals surface area contributed by atoms with E-state index < -0.39 is 0 Å². The highest BCUT2D eigenvalue weighted by molar-refractivity contribution is 7.14. The van der Waals surface area contributed by atoms with Gasteiger partial charge < -0.3 is 5.32 Å². The van der Waals surface area contributed by atoms with Gasteiger partial charge in [-0.3, -0.25) is 0 Å². The lowest BCUT2D eigenvalue weighted by molar-refractivity contribution is 0.669. The largest absolute Gasteiger partial charge is 0.317 e. The monoisotopic (exact) mass is 275 g/mol. The van der Waals surface area contributed by atoms with Gasteiger partial charge in [-0.25, -0.2) is 0 Å². The number of benzene rings is 1. The lowest BCUT2D eigenvalue weighted by atomic mass is 10.0. The van der Waals surface area contributed by atoms with Crippen molar-refractivity contribution in [1.82, 2.24) is 15.5 Å². The summed E-state index contributed by atoms with van der Waals surface area (Å²) in [7, 11) is 0. The van der Waals surface area contributed by atoms with Gasteiger partial charge in [-0.05, 0) is 44.5 Å². The summed E-state index contributed by atoms with van der Waals surface area (Å²) in [6.45, 7) is 8.48. The second-order valence-electron chi connectivity index (χ2n) is 4.72. The summed E-state index contributed by atoms with van der Waals surface area (Å²) in [4.78, 5) is 0. The summed E-state index contributed by atoms with van der Waals surface area (Å²) in [6, 6.07) is 6.36. The van der Waals surface area contributed by atoms with E-state index in [0.29, 0.717) is 0 Å². The molecule has 19 heavy (non-hydrogen) atoms. The Morgan fingerprint density at radius 2 is 1.89 bits per heavy atom. The molecule has 102 valence electrons. The molecule has 0 saturated carbocycles. The number of hydrogen-bond acceptors (Lipinski definition) is 4. The summed E-state index contributed by atoms with van der Waals surface area (Å²) in [5.74, 6) is 0. The van der Waals surface area contributed by atoms with Crippen LogP contribution in [-0.4, -0.2) is 23.3 Å². The van der Waals surface area contributed by atoms with Crippen LogP contribution in [0.3, 0.4) is 0 Å². The first-order chi connectivity index (χ1) is 9.22. The minimum absolute atomic E-state index is 1.01. The van der Waals surface area contributed by atoms with E-state index in [1.807, 2.05) is 0 Å². The van der Waals surface area contributed by atoms with E-state index in [0.717, 1.165) is 35.9 Å². The second-order valence-corrected chi connectivity index (χ2v) is 5.79. The third-order valence-electron chi connectivity index (χ3n) is 3.16. The van der Waals surface area contributed by atoms with Crippen LogP contribution < -0.4 is 5.32 Å². The molecule has 3 nitrogen and oxygen atoms in total. The van der Waals surface area contributed by atoms with Crippen LogP contribution in [0.1, 0.15) is 29.5 Å². The van der Waals surface area contributed by atoms with Gasteiger partial charge in [-0.2, -0.15) is 0 Å². The van der Waals surface area contributed by atoms with Crippen LogP contribution in [0.4, 0.5) is 0 Å². The highest BCUT2D eigenvalue weighted by atomic mass is 32.1. The van der Waals surface area contributed by atoms with Gasteiger partial charge in [0.2, 0.25) is 0 Å². The first kappa shape index (κ1) is 14.2. The molecule has 0 saturated heterocycles. The van der Waals surface area contributed by atoms with E-state index in [2.05, 4.69) is 54.5 Å². The van der Waals surface area contributed by atoms with E-state index in [1.165, 1.54) is 16.7 Å². The molecule has 0 unspecified atom stereocenters. The third-order valence-corrected chi connectivity index (χ3v) is 4.16. The predicted molar refractivity (Wildman–Crippen MR) is 81.7 cm³/mol. The molecule has 1 aromatic carbocycles. The number of nitrogens with one attached hydrogen (secondary N) is 1. The van der Waals surface area contributed by atoms with Gasteiger partial charge in [-0.1, -0.05) is 36.5 Å². The predicted octanol–water partition coefficient (Wildman–Crippen LogP) is 3.36. The average molecular weight is 275 g/mol. The highest BCUT2D eigenvalue weighted by Crippen LogP contribution is 2.29. The Balaban J connectivity index is 2.08. The van der Waals surface area contributed by atoms with Crippen LogP contribution >= 0.6 is 11.3 Å². The fourth-order valence-electron chi connectivity index (χ4n) is 2.15. The quantitative estimate of drug-likeness (QED) is 0.821. The fourth-order valence-corrected chi connectivity index (χ4v) is 3.21. The van der Waals surface area contributed by atoms with Gasteiger partial charge in [-0.15, -0.1) is 10.2 Å². The Hall–Kier alpha value is -1.26. The summed E-state index contributed by atoms with van der Waals surface area (Å²) in [5, 5.41) is 14.2. The van der Waals surface area contributed by atoms with E-state index >= 15 is 0 Å². The molecular weight excluding hydrogens is 254 g/mol. The van der Waals surface area contributed by atoms with Gasteiger partial charge in [0.05, 0.1) is 0 Å². The minimum atomic E-state index is 1.01. The van der Waals surface area contributed by atoms with Crippen molar-refractivity contribution >= 4 is 11.3 Å². The zero-order valence-corrected chi connectivity index (χ0v) is 12.7. The van der Waals surface area contributed by atoms with Crippen molar-refractivity contribution in [1.29, 1.82) is 0 Å². The molecular formula is C15H21N3S. The van der Waals surface area contributed by atoms with Crippen molar-refractivity contribution in [3.05, 3.63) is 34.3 Å². The molecule has 1 aromatic heterocycles. The van der Waals surface area contributed by atoms with Crippen molar-refractivity contribution in [2.45, 2.75) is 33.6 Å². The van der Waals surface area contributed by atoms with Crippen LogP contribution in [0.2, 0.25) is 0 Å². The van der Waals surface area contributed by atoms with Crippen molar-refractivity contribution < 1.29 is 0 Å². The summed E-state index contributed by atoms with van der Waals surface area (Å²) < 4.78 is 0. The van der Waals surface area contributed by atoms with Crippen LogP contribution in [0.5, 0.6) is 0 Å². The van der Waals surface area contributed by atoms with Gasteiger partial charge in [0.1, 0.15) is 10.0 Å². The summed E-state index contributed by atoms with van der Waals surface area (Å²) in [6.07, 6.45) is 2.13. The molecule has 0 amide bonds. The van der Waals surface area contributed by atoms with Gasteiger partial charge in [0.25, 0.3) is 0 Å². The third kappa shape index (κ3) is 3.61. The molecule has 2 rings (SSSR count). The molecule has 0 aliphatic rings. The molecule has 0 aliphatic carbocycles.